The molecule has 0 radical (unpaired) electrons. The number of hydrogen-bond donors (Lipinski definition) is 1. The van der Waals surface area contributed by atoms with Crippen LogP contribution in [0.3, 0.4) is 0 Å². The Kier molecular flexibility index (Phi) is 3.97. The van der Waals surface area contributed by atoms with Gasteiger partial charge in [0.25, 0.3) is 0 Å². The van der Waals surface area contributed by atoms with Crippen molar-refractivity contribution in [2.24, 2.45) is 0 Å². The fourth-order valence-corrected chi connectivity index (χ4v) is 2.54. The molecule has 1 aromatic heterocycles. The SMILES string of the molecule is CS(=O)(=O)Cc1ccc(-c2ccc(CO)cc2)nc1. The lowest BCUT2D eigenvalue weighted by atomic mass is 10.1. The van der Waals surface area contributed by atoms with Crippen molar-refractivity contribution in [3.63, 3.8) is 0 Å². The molecule has 0 bridgehead atoms. The van der Waals surface area contributed by atoms with Gasteiger partial charge in [0.15, 0.2) is 9.84 Å². The molecule has 2 rings (SSSR count). The minimum atomic E-state index is -3.03. The van der Waals surface area contributed by atoms with Crippen LogP contribution in [-0.2, 0) is 22.2 Å². The van der Waals surface area contributed by atoms with E-state index in [1.54, 1.807) is 18.3 Å². The molecule has 0 aliphatic heterocycles. The molecule has 1 heterocycles. The standard InChI is InChI=1S/C14H15NO3S/c1-19(17,18)10-12-4-7-14(15-8-12)13-5-2-11(9-16)3-6-13/h2-8,16H,9-10H2,1H3. The Morgan fingerprint density at radius 2 is 1.68 bits per heavy atom. The van der Waals surface area contributed by atoms with E-state index in [0.29, 0.717) is 5.56 Å². The van der Waals surface area contributed by atoms with Crippen molar-refractivity contribution in [1.82, 2.24) is 4.98 Å². The second kappa shape index (κ2) is 5.50. The van der Waals surface area contributed by atoms with Crippen LogP contribution in [0.15, 0.2) is 42.6 Å². The summed E-state index contributed by atoms with van der Waals surface area (Å²) in [7, 11) is -3.03. The Hall–Kier alpha value is -1.72. The molecule has 1 N–H and O–H groups in total. The summed E-state index contributed by atoms with van der Waals surface area (Å²) >= 11 is 0. The first-order chi connectivity index (χ1) is 8.98. The second-order valence-electron chi connectivity index (χ2n) is 4.48. The monoisotopic (exact) mass is 277 g/mol. The van der Waals surface area contributed by atoms with Crippen LogP contribution in [0.5, 0.6) is 0 Å². The van der Waals surface area contributed by atoms with Crippen molar-refractivity contribution in [3.8, 4) is 11.3 Å². The molecule has 100 valence electrons. The number of rotatable bonds is 4. The molecule has 0 amide bonds. The van der Waals surface area contributed by atoms with Crippen LogP contribution in [0.1, 0.15) is 11.1 Å². The van der Waals surface area contributed by atoms with E-state index in [4.69, 9.17) is 5.11 Å². The summed E-state index contributed by atoms with van der Waals surface area (Å²) in [6, 6.07) is 11.0. The van der Waals surface area contributed by atoms with E-state index in [2.05, 4.69) is 4.98 Å². The third-order valence-corrected chi connectivity index (χ3v) is 3.54. The number of aromatic nitrogens is 1. The van der Waals surface area contributed by atoms with Gasteiger partial charge in [0.2, 0.25) is 0 Å². The summed E-state index contributed by atoms with van der Waals surface area (Å²) < 4.78 is 22.3. The van der Waals surface area contributed by atoms with Crippen LogP contribution in [0.4, 0.5) is 0 Å². The highest BCUT2D eigenvalue weighted by molar-refractivity contribution is 7.89. The van der Waals surface area contributed by atoms with E-state index < -0.39 is 9.84 Å². The van der Waals surface area contributed by atoms with Gasteiger partial charge in [-0.3, -0.25) is 4.98 Å². The topological polar surface area (TPSA) is 67.3 Å². The van der Waals surface area contributed by atoms with Crippen molar-refractivity contribution < 1.29 is 13.5 Å². The van der Waals surface area contributed by atoms with Gasteiger partial charge in [-0.15, -0.1) is 0 Å². The minimum absolute atomic E-state index is 0.00370. The number of aliphatic hydroxyl groups is 1. The van der Waals surface area contributed by atoms with E-state index in [9.17, 15) is 8.42 Å². The van der Waals surface area contributed by atoms with Gasteiger partial charge in [-0.25, -0.2) is 8.42 Å². The van der Waals surface area contributed by atoms with Crippen LogP contribution in [-0.4, -0.2) is 24.8 Å². The van der Waals surface area contributed by atoms with Gasteiger partial charge in [-0.05, 0) is 17.2 Å². The molecule has 0 saturated heterocycles. The highest BCUT2D eigenvalue weighted by Gasteiger charge is 2.05. The Balaban J connectivity index is 2.22. The Morgan fingerprint density at radius 1 is 1.05 bits per heavy atom. The highest BCUT2D eigenvalue weighted by Crippen LogP contribution is 2.18. The first-order valence-electron chi connectivity index (χ1n) is 5.81. The van der Waals surface area contributed by atoms with Gasteiger partial charge in [-0.1, -0.05) is 30.3 Å². The van der Waals surface area contributed by atoms with Crippen molar-refractivity contribution >= 4 is 9.84 Å². The van der Waals surface area contributed by atoms with Crippen molar-refractivity contribution in [3.05, 3.63) is 53.7 Å². The molecule has 0 saturated carbocycles. The fraction of sp³-hybridized carbons (Fsp3) is 0.214. The van der Waals surface area contributed by atoms with E-state index >= 15 is 0 Å². The van der Waals surface area contributed by atoms with Gasteiger partial charge in [-0.2, -0.15) is 0 Å². The smallest absolute Gasteiger partial charge is 0.151 e. The number of pyridine rings is 1. The van der Waals surface area contributed by atoms with Crippen LogP contribution < -0.4 is 0 Å². The normalized spacial score (nSPS) is 11.5. The predicted molar refractivity (Wildman–Crippen MR) is 74.1 cm³/mol. The highest BCUT2D eigenvalue weighted by atomic mass is 32.2. The number of aliphatic hydroxyl groups excluding tert-OH is 1. The molecule has 0 aliphatic rings. The number of hydrogen-bond acceptors (Lipinski definition) is 4. The molecule has 5 heteroatoms. The fourth-order valence-electron chi connectivity index (χ4n) is 1.76. The molecule has 1 aromatic carbocycles. The molecule has 0 spiro atoms. The predicted octanol–water partition coefficient (Wildman–Crippen LogP) is 1.79. The van der Waals surface area contributed by atoms with Gasteiger partial charge in [0.1, 0.15) is 0 Å². The third-order valence-electron chi connectivity index (χ3n) is 2.69. The summed E-state index contributed by atoms with van der Waals surface area (Å²) in [4.78, 5) is 4.26. The van der Waals surface area contributed by atoms with Gasteiger partial charge < -0.3 is 5.11 Å². The zero-order chi connectivity index (χ0) is 13.9. The van der Waals surface area contributed by atoms with Gasteiger partial charge in [0, 0.05) is 18.0 Å². The van der Waals surface area contributed by atoms with Gasteiger partial charge in [0.05, 0.1) is 18.1 Å². The second-order valence-corrected chi connectivity index (χ2v) is 6.62. The molecule has 0 fully saturated rings. The third kappa shape index (κ3) is 3.87. The molecular weight excluding hydrogens is 262 g/mol. The van der Waals surface area contributed by atoms with Crippen molar-refractivity contribution in [1.29, 1.82) is 0 Å². The maximum atomic E-state index is 11.2. The Morgan fingerprint density at radius 3 is 2.16 bits per heavy atom. The van der Waals surface area contributed by atoms with Crippen LogP contribution in [0.2, 0.25) is 0 Å². The zero-order valence-electron chi connectivity index (χ0n) is 10.6. The summed E-state index contributed by atoms with van der Waals surface area (Å²) in [5.74, 6) is 0.00370. The average Bonchev–Trinajstić information content (AvgIpc) is 2.38. The quantitative estimate of drug-likeness (QED) is 0.925. The lowest BCUT2D eigenvalue weighted by Crippen LogP contribution is -2.01. The minimum Gasteiger partial charge on any atom is -0.392 e. The number of benzene rings is 1. The summed E-state index contributed by atoms with van der Waals surface area (Å²) in [6.07, 6.45) is 2.78. The average molecular weight is 277 g/mol. The van der Waals surface area contributed by atoms with Crippen molar-refractivity contribution in [2.75, 3.05) is 6.26 Å². The molecule has 19 heavy (non-hydrogen) atoms. The summed E-state index contributed by atoms with van der Waals surface area (Å²) in [5, 5.41) is 8.97. The zero-order valence-corrected chi connectivity index (χ0v) is 11.4. The molecule has 4 nitrogen and oxygen atoms in total. The lowest BCUT2D eigenvalue weighted by molar-refractivity contribution is 0.282. The first-order valence-corrected chi connectivity index (χ1v) is 7.87. The Bertz CT molecular complexity index is 646. The molecule has 2 aromatic rings. The summed E-state index contributed by atoms with van der Waals surface area (Å²) in [6.45, 7) is 0.0149. The van der Waals surface area contributed by atoms with Crippen LogP contribution in [0, 0.1) is 0 Å². The molecule has 0 unspecified atom stereocenters. The van der Waals surface area contributed by atoms with E-state index in [1.165, 1.54) is 6.26 Å². The van der Waals surface area contributed by atoms with Crippen LogP contribution >= 0.6 is 0 Å². The number of sulfone groups is 1. The van der Waals surface area contributed by atoms with Crippen molar-refractivity contribution in [2.45, 2.75) is 12.4 Å². The molecular formula is C14H15NO3S. The van der Waals surface area contributed by atoms with E-state index in [0.717, 1.165) is 16.8 Å². The van der Waals surface area contributed by atoms with Gasteiger partial charge >= 0.3 is 0 Å². The lowest BCUT2D eigenvalue weighted by Gasteiger charge is -2.04. The maximum Gasteiger partial charge on any atom is 0.151 e. The first kappa shape index (κ1) is 13.7. The molecule has 0 atom stereocenters. The Labute approximate surface area is 112 Å². The summed E-state index contributed by atoms with van der Waals surface area (Å²) in [5.41, 5.74) is 3.24. The largest absolute Gasteiger partial charge is 0.392 e. The van der Waals surface area contributed by atoms with Crippen LogP contribution in [0.25, 0.3) is 11.3 Å². The van der Waals surface area contributed by atoms with E-state index in [1.807, 2.05) is 24.3 Å². The number of nitrogens with zero attached hydrogens (tertiary/aromatic N) is 1. The molecule has 0 aliphatic carbocycles. The van der Waals surface area contributed by atoms with E-state index in [-0.39, 0.29) is 12.4 Å². The maximum absolute atomic E-state index is 11.2.